The first kappa shape index (κ1) is 16.3. The van der Waals surface area contributed by atoms with Gasteiger partial charge in [-0.3, -0.25) is 9.78 Å². The molecule has 0 aliphatic carbocycles. The predicted octanol–water partition coefficient (Wildman–Crippen LogP) is 2.18. The Hall–Kier alpha value is -3.22. The van der Waals surface area contributed by atoms with Crippen LogP contribution in [-0.2, 0) is 13.0 Å². The van der Waals surface area contributed by atoms with Gasteiger partial charge >= 0.3 is 0 Å². The molecular weight excluding hydrogens is 330 g/mol. The molecule has 2 aromatic heterocycles. The second-order valence-electron chi connectivity index (χ2n) is 6.39. The van der Waals surface area contributed by atoms with E-state index in [0.29, 0.717) is 5.56 Å². The lowest BCUT2D eigenvalue weighted by Crippen LogP contribution is -2.35. The molecule has 0 saturated carbocycles. The van der Waals surface area contributed by atoms with Gasteiger partial charge in [-0.1, -0.05) is 30.3 Å². The molecule has 1 aliphatic heterocycles. The van der Waals surface area contributed by atoms with E-state index in [4.69, 9.17) is 0 Å². The van der Waals surface area contributed by atoms with Crippen molar-refractivity contribution >= 4 is 5.91 Å². The van der Waals surface area contributed by atoms with Crippen LogP contribution in [0.2, 0.25) is 0 Å². The van der Waals surface area contributed by atoms with Crippen LogP contribution in [0.4, 0.5) is 0 Å². The third-order valence-electron chi connectivity index (χ3n) is 4.60. The molecule has 1 aliphatic rings. The molecule has 0 spiro atoms. The maximum atomic E-state index is 12.4. The molecule has 132 valence electrons. The number of aromatic hydroxyl groups is 1. The Morgan fingerprint density at radius 1 is 1.15 bits per heavy atom. The minimum atomic E-state index is -0.223. The molecule has 0 radical (unpaired) electrons. The van der Waals surface area contributed by atoms with Crippen molar-refractivity contribution in [3.05, 3.63) is 60.2 Å². The van der Waals surface area contributed by atoms with Crippen LogP contribution in [0.1, 0.15) is 29.0 Å². The first-order chi connectivity index (χ1) is 12.7. The fourth-order valence-corrected chi connectivity index (χ4v) is 3.25. The quantitative estimate of drug-likeness (QED) is 0.756. The molecule has 1 unspecified atom stereocenters. The van der Waals surface area contributed by atoms with E-state index in [0.717, 1.165) is 43.0 Å². The normalized spacial score (nSPS) is 16.5. The first-order valence-electron chi connectivity index (χ1n) is 8.63. The molecule has 2 N–H and O–H groups in total. The van der Waals surface area contributed by atoms with E-state index < -0.39 is 0 Å². The number of aromatic nitrogens is 4. The van der Waals surface area contributed by atoms with Crippen molar-refractivity contribution in [3.63, 3.8) is 0 Å². The molecule has 1 aromatic carbocycles. The number of hydrogen-bond acceptors (Lipinski definition) is 5. The van der Waals surface area contributed by atoms with Gasteiger partial charge in [-0.15, -0.1) is 10.2 Å². The summed E-state index contributed by atoms with van der Waals surface area (Å²) in [7, 11) is 0. The summed E-state index contributed by atoms with van der Waals surface area (Å²) < 4.78 is 2.14. The van der Waals surface area contributed by atoms with Crippen LogP contribution in [0.25, 0.3) is 11.4 Å². The fraction of sp³-hybridized carbons (Fsp3) is 0.263. The number of nitrogens with one attached hydrogen (secondary N) is 1. The van der Waals surface area contributed by atoms with Gasteiger partial charge in [0.1, 0.15) is 11.6 Å². The van der Waals surface area contributed by atoms with Gasteiger partial charge < -0.3 is 15.0 Å². The Kier molecular flexibility index (Phi) is 4.35. The van der Waals surface area contributed by atoms with Crippen molar-refractivity contribution < 1.29 is 9.90 Å². The van der Waals surface area contributed by atoms with Crippen LogP contribution >= 0.6 is 0 Å². The Labute approximate surface area is 150 Å². The van der Waals surface area contributed by atoms with Crippen LogP contribution in [0.5, 0.6) is 5.75 Å². The lowest BCUT2D eigenvalue weighted by molar-refractivity contribution is 0.0932. The summed E-state index contributed by atoms with van der Waals surface area (Å²) in [6, 6.07) is 11.5. The number of carbonyl (C=O) groups is 1. The minimum Gasteiger partial charge on any atom is -0.506 e. The lowest BCUT2D eigenvalue weighted by atomic mass is 10.1. The van der Waals surface area contributed by atoms with Gasteiger partial charge in [-0.2, -0.15) is 0 Å². The summed E-state index contributed by atoms with van der Waals surface area (Å²) in [6.07, 6.45) is 5.10. The van der Waals surface area contributed by atoms with Gasteiger partial charge in [0.2, 0.25) is 0 Å². The summed E-state index contributed by atoms with van der Waals surface area (Å²) >= 11 is 0. The van der Waals surface area contributed by atoms with Gasteiger partial charge in [0.15, 0.2) is 5.82 Å². The van der Waals surface area contributed by atoms with Crippen molar-refractivity contribution in [2.45, 2.75) is 31.8 Å². The Bertz CT molecular complexity index is 923. The Morgan fingerprint density at radius 2 is 2.00 bits per heavy atom. The topological polar surface area (TPSA) is 92.9 Å². The Balaban J connectivity index is 1.47. The number of benzene rings is 1. The van der Waals surface area contributed by atoms with E-state index in [1.807, 2.05) is 30.3 Å². The molecule has 0 saturated heterocycles. The summed E-state index contributed by atoms with van der Waals surface area (Å²) in [6.45, 7) is 0.746. The van der Waals surface area contributed by atoms with Crippen molar-refractivity contribution in [1.82, 2.24) is 25.1 Å². The summed E-state index contributed by atoms with van der Waals surface area (Å²) in [5.41, 5.74) is 1.40. The largest absolute Gasteiger partial charge is 0.506 e. The molecule has 0 bridgehead atoms. The second-order valence-corrected chi connectivity index (χ2v) is 6.39. The number of aryl methyl sites for hydroxylation is 1. The van der Waals surface area contributed by atoms with E-state index >= 15 is 0 Å². The van der Waals surface area contributed by atoms with Crippen molar-refractivity contribution in [3.8, 4) is 17.1 Å². The fourth-order valence-electron chi connectivity index (χ4n) is 3.25. The van der Waals surface area contributed by atoms with E-state index in [2.05, 4.69) is 25.1 Å². The van der Waals surface area contributed by atoms with Crippen LogP contribution in [0.3, 0.4) is 0 Å². The molecule has 4 rings (SSSR count). The number of rotatable bonds is 3. The van der Waals surface area contributed by atoms with E-state index in [1.165, 1.54) is 18.5 Å². The first-order valence-corrected chi connectivity index (χ1v) is 8.63. The molecular formula is C19H19N5O2. The molecule has 3 heterocycles. The maximum absolute atomic E-state index is 12.4. The monoisotopic (exact) mass is 349 g/mol. The zero-order valence-electron chi connectivity index (χ0n) is 14.2. The second kappa shape index (κ2) is 6.95. The van der Waals surface area contributed by atoms with Gasteiger partial charge in [0.05, 0.1) is 11.8 Å². The lowest BCUT2D eigenvalue weighted by Gasteiger charge is -2.16. The average Bonchev–Trinajstić information content (AvgIpc) is 2.97. The highest BCUT2D eigenvalue weighted by Gasteiger charge is 2.22. The molecule has 3 aromatic rings. The number of carbonyl (C=O) groups excluding carboxylic acids is 1. The zero-order valence-corrected chi connectivity index (χ0v) is 14.2. The highest BCUT2D eigenvalue weighted by Crippen LogP contribution is 2.22. The molecule has 7 heteroatoms. The van der Waals surface area contributed by atoms with E-state index in [1.54, 1.807) is 0 Å². The standard InChI is InChI=1S/C19H19N5O2/c25-16-10-14(11-20-12-16)19(26)21-15-6-7-17-22-23-18(24(17)9-8-15)13-4-2-1-3-5-13/h1-5,10-12,15,25H,6-9H2,(H,21,26). The Morgan fingerprint density at radius 3 is 2.81 bits per heavy atom. The van der Waals surface area contributed by atoms with Gasteiger partial charge in [0, 0.05) is 30.8 Å². The molecule has 7 nitrogen and oxygen atoms in total. The molecule has 1 atom stereocenters. The summed E-state index contributed by atoms with van der Waals surface area (Å²) in [5, 5.41) is 21.2. The SMILES string of the molecule is O=C(NC1CCc2nnc(-c3ccccc3)n2CC1)c1cncc(O)c1. The van der Waals surface area contributed by atoms with Crippen molar-refractivity contribution in [2.24, 2.45) is 0 Å². The van der Waals surface area contributed by atoms with Gasteiger partial charge in [-0.25, -0.2) is 0 Å². The minimum absolute atomic E-state index is 0.0165. The predicted molar refractivity (Wildman–Crippen MR) is 95.6 cm³/mol. The third kappa shape index (κ3) is 3.28. The summed E-state index contributed by atoms with van der Waals surface area (Å²) in [5.74, 6) is 1.57. The highest BCUT2D eigenvalue weighted by molar-refractivity contribution is 5.94. The average molecular weight is 349 g/mol. The number of amides is 1. The van der Waals surface area contributed by atoms with Crippen molar-refractivity contribution in [1.29, 1.82) is 0 Å². The van der Waals surface area contributed by atoms with Gasteiger partial charge in [-0.05, 0) is 18.9 Å². The van der Waals surface area contributed by atoms with Crippen molar-refractivity contribution in [2.75, 3.05) is 0 Å². The number of fused-ring (bicyclic) bond motifs is 1. The molecule has 26 heavy (non-hydrogen) atoms. The number of hydrogen-bond donors (Lipinski definition) is 2. The smallest absolute Gasteiger partial charge is 0.253 e. The van der Waals surface area contributed by atoms with Crippen LogP contribution < -0.4 is 5.32 Å². The highest BCUT2D eigenvalue weighted by atomic mass is 16.3. The maximum Gasteiger partial charge on any atom is 0.253 e. The summed E-state index contributed by atoms with van der Waals surface area (Å²) in [4.78, 5) is 16.2. The number of nitrogens with zero attached hydrogens (tertiary/aromatic N) is 4. The van der Waals surface area contributed by atoms with E-state index in [9.17, 15) is 9.90 Å². The van der Waals surface area contributed by atoms with Crippen LogP contribution in [-0.4, -0.2) is 36.8 Å². The van der Waals surface area contributed by atoms with Crippen LogP contribution in [0, 0.1) is 0 Å². The van der Waals surface area contributed by atoms with E-state index in [-0.39, 0.29) is 17.7 Å². The zero-order chi connectivity index (χ0) is 17.9. The molecule has 1 amide bonds. The van der Waals surface area contributed by atoms with Gasteiger partial charge in [0.25, 0.3) is 5.91 Å². The third-order valence-corrected chi connectivity index (χ3v) is 4.60. The van der Waals surface area contributed by atoms with Crippen LogP contribution in [0.15, 0.2) is 48.8 Å². The number of pyridine rings is 1. The molecule has 0 fully saturated rings.